The summed E-state index contributed by atoms with van der Waals surface area (Å²) in [6.45, 7) is 19.0. The van der Waals surface area contributed by atoms with E-state index in [-0.39, 0.29) is 35.2 Å². The standard InChI is InChI=1S/C61H82N18O5S2/c1-39-35-43(5-7-47(39)78-19-10-45(11-20-78)76-27-23-74(3)24-28-76)68-60-55(71-52(50-9-18-65-86-50)57(73-60)66-41-14-31-83-32-15-41)61(81)64-38-75-25-29-77(30-26-75)46-12-21-79(22-13-46)48-8-6-44(36-49(48)82-4)69-59-54(56(62)80)70-53(51-37-63-40(2)85-51)58(72-59)67-42-16-33-84-34-17-42/h5-9,18,35-37,41-42,45-46H,10-17,19-34,38H2,1-4H3,(H2,62,80)(H,64,81)(H2,66,68,73)(H2,67,69,72). The lowest BCUT2D eigenvalue weighted by Gasteiger charge is -2.43. The molecule has 86 heavy (non-hydrogen) atoms. The minimum Gasteiger partial charge on any atom is -0.495 e. The van der Waals surface area contributed by atoms with Gasteiger partial charge in [-0.3, -0.25) is 24.3 Å². The number of rotatable bonds is 19. The summed E-state index contributed by atoms with van der Waals surface area (Å²) in [5, 5.41) is 18.3. The highest BCUT2D eigenvalue weighted by Crippen LogP contribution is 2.39. The second kappa shape index (κ2) is 27.5. The van der Waals surface area contributed by atoms with Gasteiger partial charge in [0.15, 0.2) is 34.7 Å². The lowest BCUT2D eigenvalue weighted by Crippen LogP contribution is -2.54. The Morgan fingerprint density at radius 1 is 0.640 bits per heavy atom. The minimum atomic E-state index is -0.690. The Morgan fingerprint density at radius 3 is 1.73 bits per heavy atom. The summed E-state index contributed by atoms with van der Waals surface area (Å²) >= 11 is 2.82. The van der Waals surface area contributed by atoms with Crippen molar-refractivity contribution in [1.29, 1.82) is 0 Å². The van der Waals surface area contributed by atoms with Gasteiger partial charge in [-0.25, -0.2) is 29.3 Å². The van der Waals surface area contributed by atoms with Crippen LogP contribution in [0.2, 0.25) is 0 Å². The number of benzene rings is 2. The second-order valence-electron chi connectivity index (χ2n) is 23.5. The van der Waals surface area contributed by atoms with E-state index in [0.717, 1.165) is 143 Å². The highest BCUT2D eigenvalue weighted by atomic mass is 32.1. The van der Waals surface area contributed by atoms with E-state index >= 15 is 0 Å². The second-order valence-corrected chi connectivity index (χ2v) is 25.6. The van der Waals surface area contributed by atoms with E-state index in [2.05, 4.69) is 104 Å². The van der Waals surface area contributed by atoms with Crippen LogP contribution in [0.5, 0.6) is 5.75 Å². The first-order chi connectivity index (χ1) is 42.0. The summed E-state index contributed by atoms with van der Waals surface area (Å²) in [6.07, 6.45) is 11.2. The van der Waals surface area contributed by atoms with E-state index in [9.17, 15) is 9.59 Å². The van der Waals surface area contributed by atoms with Gasteiger partial charge < -0.3 is 61.2 Å². The number of piperazine rings is 2. The molecule has 2 aromatic carbocycles. The van der Waals surface area contributed by atoms with Crippen molar-refractivity contribution in [2.24, 2.45) is 5.73 Å². The topological polar surface area (TPSA) is 245 Å². The molecule has 6 aliphatic heterocycles. The van der Waals surface area contributed by atoms with Crippen LogP contribution >= 0.6 is 22.9 Å². The Balaban J connectivity index is 0.675. The first kappa shape index (κ1) is 59.5. The van der Waals surface area contributed by atoms with Gasteiger partial charge in [0.2, 0.25) is 0 Å². The molecule has 25 heteroatoms. The summed E-state index contributed by atoms with van der Waals surface area (Å²) < 4.78 is 21.7. The van der Waals surface area contributed by atoms with E-state index in [0.29, 0.717) is 85.5 Å². The van der Waals surface area contributed by atoms with E-state index in [1.54, 1.807) is 19.5 Å². The molecule has 7 N–H and O–H groups in total. The summed E-state index contributed by atoms with van der Waals surface area (Å²) in [5.41, 5.74) is 12.3. The molecule has 6 aliphatic rings. The van der Waals surface area contributed by atoms with E-state index in [1.165, 1.54) is 47.0 Å². The number of aryl methyl sites for hydroxylation is 2. The molecule has 6 aromatic rings. The number of primary amides is 1. The Bertz CT molecular complexity index is 3270. The van der Waals surface area contributed by atoms with Gasteiger partial charge in [0.1, 0.15) is 17.1 Å². The molecule has 6 fully saturated rings. The number of aromatic nitrogens is 6. The molecule has 0 spiro atoms. The number of hydrogen-bond donors (Lipinski definition) is 6. The maximum Gasteiger partial charge on any atom is 0.274 e. The smallest absolute Gasteiger partial charge is 0.274 e. The van der Waals surface area contributed by atoms with Crippen molar-refractivity contribution in [3.05, 3.63) is 76.8 Å². The third-order valence-corrected chi connectivity index (χ3v) is 19.5. The van der Waals surface area contributed by atoms with Gasteiger partial charge in [-0.15, -0.1) is 11.3 Å². The van der Waals surface area contributed by atoms with Gasteiger partial charge in [0, 0.05) is 165 Å². The van der Waals surface area contributed by atoms with Crippen molar-refractivity contribution in [1.82, 2.24) is 54.2 Å². The SMILES string of the molecule is COc1cc(Nc2nc(NC3CCOCC3)c(-c3cnc(C)s3)nc2C(N)=O)ccc1N1CCC(N2CCN(CNC(=O)c3nc(-c4ccns4)c(NC4CCOCC4)nc3Nc3ccc(N4CCC(N5CCN(C)CC5)CC4)c(C)c3)CC2)CC1. The number of methoxy groups -OCH3 is 1. The zero-order chi connectivity index (χ0) is 59.1. The number of likely N-dealkylation sites (N-methyl/N-ethyl adjacent to an activating group) is 1. The van der Waals surface area contributed by atoms with Gasteiger partial charge in [0.05, 0.1) is 34.2 Å². The van der Waals surface area contributed by atoms with Crippen molar-refractivity contribution in [3.8, 4) is 26.9 Å². The Labute approximate surface area is 512 Å². The number of hydrogen-bond acceptors (Lipinski definition) is 23. The van der Waals surface area contributed by atoms with Gasteiger partial charge in [-0.1, -0.05) is 0 Å². The molecule has 6 saturated heterocycles. The zero-order valence-electron chi connectivity index (χ0n) is 50.0. The number of thiazole rings is 1. The number of carbonyl (C=O) groups excluding carboxylic acids is 2. The number of amides is 2. The molecule has 10 heterocycles. The Morgan fingerprint density at radius 2 is 1.19 bits per heavy atom. The van der Waals surface area contributed by atoms with Crippen LogP contribution in [0.4, 0.5) is 46.0 Å². The molecule has 0 atom stereocenters. The highest BCUT2D eigenvalue weighted by Gasteiger charge is 2.32. The quantitative estimate of drug-likeness (QED) is 0.0474. The van der Waals surface area contributed by atoms with Crippen LogP contribution in [-0.2, 0) is 9.47 Å². The normalized spacial score (nSPS) is 19.6. The number of piperidine rings is 2. The van der Waals surface area contributed by atoms with Crippen LogP contribution in [0.25, 0.3) is 21.1 Å². The average molecular weight is 1210 g/mol. The van der Waals surface area contributed by atoms with Gasteiger partial charge >= 0.3 is 0 Å². The molecule has 0 aliphatic carbocycles. The van der Waals surface area contributed by atoms with Crippen LogP contribution in [0.1, 0.15) is 82.9 Å². The van der Waals surface area contributed by atoms with Crippen LogP contribution in [0, 0.1) is 13.8 Å². The van der Waals surface area contributed by atoms with Crippen molar-refractivity contribution in [2.75, 3.05) is 157 Å². The summed E-state index contributed by atoms with van der Waals surface area (Å²) in [5.74, 6) is 1.56. The fourth-order valence-electron chi connectivity index (χ4n) is 12.9. The molecular formula is C61H82N18O5S2. The molecule has 2 amide bonds. The predicted octanol–water partition coefficient (Wildman–Crippen LogP) is 7.10. The fraction of sp³-hybridized carbons (Fsp3) is 0.541. The first-order valence-electron chi connectivity index (χ1n) is 30.6. The Hall–Kier alpha value is -6.84. The van der Waals surface area contributed by atoms with Gasteiger partial charge in [-0.05, 0) is 126 Å². The maximum atomic E-state index is 14.6. The molecule has 0 radical (unpaired) electrons. The minimum absolute atomic E-state index is 0.0351. The van der Waals surface area contributed by atoms with Crippen LogP contribution in [-0.4, -0.2) is 211 Å². The largest absolute Gasteiger partial charge is 0.495 e. The molecule has 0 unspecified atom stereocenters. The van der Waals surface area contributed by atoms with Crippen molar-refractivity contribution < 1.29 is 23.8 Å². The highest BCUT2D eigenvalue weighted by molar-refractivity contribution is 7.15. The summed E-state index contributed by atoms with van der Waals surface area (Å²) in [6, 6.07) is 15.7. The third kappa shape index (κ3) is 14.1. The van der Waals surface area contributed by atoms with Gasteiger partial charge in [0.25, 0.3) is 11.8 Å². The van der Waals surface area contributed by atoms with Crippen LogP contribution in [0.3, 0.4) is 0 Å². The number of nitrogens with two attached hydrogens (primary N) is 1. The number of ether oxygens (including phenoxy) is 3. The number of anilines is 8. The zero-order valence-corrected chi connectivity index (χ0v) is 51.6. The predicted molar refractivity (Wildman–Crippen MR) is 340 cm³/mol. The molecule has 0 bridgehead atoms. The van der Waals surface area contributed by atoms with E-state index < -0.39 is 5.91 Å². The lowest BCUT2D eigenvalue weighted by molar-refractivity contribution is 0.0729. The van der Waals surface area contributed by atoms with Crippen LogP contribution < -0.4 is 46.9 Å². The Kier molecular flexibility index (Phi) is 19.0. The molecule has 4 aromatic heterocycles. The molecule has 12 rings (SSSR count). The van der Waals surface area contributed by atoms with E-state index in [4.69, 9.17) is 39.9 Å². The molecule has 458 valence electrons. The fourth-order valence-corrected chi connectivity index (χ4v) is 14.2. The maximum absolute atomic E-state index is 14.6. The van der Waals surface area contributed by atoms with Gasteiger partial charge in [-0.2, -0.15) is 0 Å². The monoisotopic (exact) mass is 1210 g/mol. The molecular weight excluding hydrogens is 1130 g/mol. The summed E-state index contributed by atoms with van der Waals surface area (Å²) in [7, 11) is 3.90. The average Bonchev–Trinajstić information content (AvgIpc) is 4.05. The first-order valence-corrected chi connectivity index (χ1v) is 32.2. The van der Waals surface area contributed by atoms with Crippen LogP contribution in [0.15, 0.2) is 54.9 Å². The van der Waals surface area contributed by atoms with Crippen molar-refractivity contribution in [2.45, 2.75) is 89.4 Å². The van der Waals surface area contributed by atoms with E-state index in [1.807, 2.05) is 25.1 Å². The van der Waals surface area contributed by atoms with Crippen molar-refractivity contribution in [3.63, 3.8) is 0 Å². The third-order valence-electron chi connectivity index (χ3n) is 17.8. The lowest BCUT2D eigenvalue weighted by atomic mass is 10.0. The number of nitrogens with zero attached hydrogens (tertiary/aromatic N) is 12. The summed E-state index contributed by atoms with van der Waals surface area (Å²) in [4.78, 5) is 68.6. The number of carbonyl (C=O) groups is 2. The number of nitrogens with one attached hydrogen (secondary N) is 5. The molecule has 0 saturated carbocycles. The molecule has 23 nitrogen and oxygen atoms in total. The van der Waals surface area contributed by atoms with Crippen molar-refractivity contribution >= 4 is 80.7 Å².